The summed E-state index contributed by atoms with van der Waals surface area (Å²) < 4.78 is 70.7. The topological polar surface area (TPSA) is 18.5 Å². The molecule has 2 nitrogen and oxygen atoms in total. The van der Waals surface area contributed by atoms with Gasteiger partial charge in [-0.3, -0.25) is 0 Å². The average Bonchev–Trinajstić information content (AvgIpc) is 2.95. The molecule has 2 aromatic carbocycles. The highest BCUT2D eigenvalue weighted by Gasteiger charge is 2.28. The van der Waals surface area contributed by atoms with E-state index in [1.54, 1.807) is 18.2 Å². The maximum atomic E-state index is 14.9. The van der Waals surface area contributed by atoms with Gasteiger partial charge in [0.15, 0.2) is 23.2 Å². The van der Waals surface area contributed by atoms with E-state index >= 15 is 0 Å². The van der Waals surface area contributed by atoms with Gasteiger partial charge in [0.25, 0.3) is 0 Å². The van der Waals surface area contributed by atoms with Crippen molar-refractivity contribution in [2.75, 3.05) is 6.61 Å². The number of halogens is 4. The Morgan fingerprint density at radius 2 is 1.26 bits per heavy atom. The highest BCUT2D eigenvalue weighted by Crippen LogP contribution is 2.39. The number of benzene rings is 2. The Morgan fingerprint density at radius 3 is 1.92 bits per heavy atom. The lowest BCUT2D eigenvalue weighted by molar-refractivity contribution is 0.0116. The number of unbranched alkanes of at least 4 members (excludes halogenated alkanes) is 4. The molecule has 0 heterocycles. The number of ether oxygens (including phenoxy) is 2. The van der Waals surface area contributed by atoms with E-state index in [0.717, 1.165) is 51.4 Å². The molecule has 2 aliphatic carbocycles. The van der Waals surface area contributed by atoms with Crippen LogP contribution in [0.2, 0.25) is 0 Å². The van der Waals surface area contributed by atoms with Gasteiger partial charge in [-0.1, -0.05) is 70.6 Å². The molecule has 0 bridgehead atoms. The van der Waals surface area contributed by atoms with E-state index in [-0.39, 0.29) is 35.9 Å². The van der Waals surface area contributed by atoms with Gasteiger partial charge in [-0.2, -0.15) is 4.39 Å². The fourth-order valence-corrected chi connectivity index (χ4v) is 6.21. The number of rotatable bonds is 12. The first-order valence-electron chi connectivity index (χ1n) is 15.1. The van der Waals surface area contributed by atoms with Crippen LogP contribution >= 0.6 is 0 Å². The lowest BCUT2D eigenvalue weighted by Gasteiger charge is -2.29. The average molecular weight is 549 g/mol. The van der Waals surface area contributed by atoms with Crippen molar-refractivity contribution in [3.63, 3.8) is 0 Å². The fraction of sp³-hybridized carbons (Fsp3) is 0.636. The monoisotopic (exact) mass is 548 g/mol. The summed E-state index contributed by atoms with van der Waals surface area (Å²) in [6.07, 6.45) is 11.7. The molecule has 2 aromatic rings. The summed E-state index contributed by atoms with van der Waals surface area (Å²) in [6, 6.07) is 6.57. The van der Waals surface area contributed by atoms with Gasteiger partial charge < -0.3 is 9.47 Å². The molecule has 2 saturated carbocycles. The van der Waals surface area contributed by atoms with Crippen LogP contribution in [0.15, 0.2) is 24.3 Å². The Labute approximate surface area is 231 Å². The molecule has 6 heteroatoms. The van der Waals surface area contributed by atoms with Crippen molar-refractivity contribution in [1.29, 1.82) is 0 Å². The van der Waals surface area contributed by atoms with Crippen LogP contribution in [0.1, 0.15) is 126 Å². The van der Waals surface area contributed by atoms with Gasteiger partial charge in [-0.25, -0.2) is 13.2 Å². The molecule has 216 valence electrons. The van der Waals surface area contributed by atoms with Crippen molar-refractivity contribution >= 4 is 0 Å². The lowest BCUT2D eigenvalue weighted by atomic mass is 9.79. The van der Waals surface area contributed by atoms with Gasteiger partial charge in [-0.05, 0) is 79.9 Å². The molecular weight excluding hydrogens is 504 g/mol. The predicted octanol–water partition coefficient (Wildman–Crippen LogP) is 10.1. The van der Waals surface area contributed by atoms with E-state index in [1.165, 1.54) is 12.5 Å². The van der Waals surface area contributed by atoms with Crippen LogP contribution in [0.25, 0.3) is 0 Å². The minimum Gasteiger partial charge on any atom is -0.490 e. The van der Waals surface area contributed by atoms with Crippen molar-refractivity contribution < 1.29 is 27.0 Å². The molecule has 0 amide bonds. The van der Waals surface area contributed by atoms with Gasteiger partial charge >= 0.3 is 0 Å². The second-order valence-corrected chi connectivity index (χ2v) is 11.7. The number of hydrogen-bond donors (Lipinski definition) is 0. The zero-order valence-electron chi connectivity index (χ0n) is 23.6. The molecule has 4 rings (SSSR count). The summed E-state index contributed by atoms with van der Waals surface area (Å²) >= 11 is 0. The quantitative estimate of drug-likeness (QED) is 0.194. The van der Waals surface area contributed by atoms with E-state index in [4.69, 9.17) is 9.47 Å². The van der Waals surface area contributed by atoms with Crippen molar-refractivity contribution in [2.45, 2.75) is 122 Å². The first-order valence-corrected chi connectivity index (χ1v) is 15.1. The fourth-order valence-electron chi connectivity index (χ4n) is 6.21. The Morgan fingerprint density at radius 1 is 0.667 bits per heavy atom. The highest BCUT2D eigenvalue weighted by molar-refractivity contribution is 5.33. The van der Waals surface area contributed by atoms with Crippen LogP contribution in [-0.4, -0.2) is 12.7 Å². The molecule has 39 heavy (non-hydrogen) atoms. The van der Waals surface area contributed by atoms with Gasteiger partial charge in [0.1, 0.15) is 0 Å². The van der Waals surface area contributed by atoms with Crippen molar-refractivity contribution in [1.82, 2.24) is 0 Å². The Hall–Kier alpha value is -2.08. The zero-order valence-corrected chi connectivity index (χ0v) is 23.6. The van der Waals surface area contributed by atoms with Crippen LogP contribution in [0, 0.1) is 29.2 Å². The van der Waals surface area contributed by atoms with Gasteiger partial charge in [0.2, 0.25) is 5.82 Å². The summed E-state index contributed by atoms with van der Waals surface area (Å²) in [4.78, 5) is 0. The first-order chi connectivity index (χ1) is 18.9. The minimum absolute atomic E-state index is 0.00748. The molecule has 0 saturated heterocycles. The van der Waals surface area contributed by atoms with Crippen molar-refractivity contribution in [3.8, 4) is 5.75 Å². The van der Waals surface area contributed by atoms with Crippen LogP contribution in [-0.2, 0) is 11.3 Å². The standard InChI is InChI=1S/C33H44F4O2/c1-3-4-5-6-7-20-38-29-19-18-28(32(36)33(29)37)24-12-15-26(16-13-24)39-21-25-14-17-27(31(35)30(25)34)23-10-8-22(2)9-11-23/h14,17-19,22-24,26H,3-13,15-16,20-21H2,1-2H3. The van der Waals surface area contributed by atoms with Gasteiger partial charge in [-0.15, -0.1) is 0 Å². The van der Waals surface area contributed by atoms with Gasteiger partial charge in [0.05, 0.1) is 19.3 Å². The summed E-state index contributed by atoms with van der Waals surface area (Å²) in [5.41, 5.74) is 1.10. The van der Waals surface area contributed by atoms with Crippen molar-refractivity contribution in [2.24, 2.45) is 5.92 Å². The zero-order chi connectivity index (χ0) is 27.8. The first kappa shape index (κ1) is 29.9. The molecule has 0 N–H and O–H groups in total. The third kappa shape index (κ3) is 7.77. The number of hydrogen-bond acceptors (Lipinski definition) is 2. The molecule has 0 aliphatic heterocycles. The molecule has 0 aromatic heterocycles. The van der Waals surface area contributed by atoms with Crippen LogP contribution in [0.3, 0.4) is 0 Å². The normalized spacial score (nSPS) is 23.6. The lowest BCUT2D eigenvalue weighted by Crippen LogP contribution is -2.22. The predicted molar refractivity (Wildman–Crippen MR) is 147 cm³/mol. The second-order valence-electron chi connectivity index (χ2n) is 11.7. The SMILES string of the molecule is CCCCCCCOc1ccc(C2CCC(OCc3ccc(C4CCC(C)CC4)c(F)c3F)CC2)c(F)c1F. The Kier molecular flexibility index (Phi) is 11.1. The van der Waals surface area contributed by atoms with Crippen molar-refractivity contribution in [3.05, 3.63) is 64.2 Å². The smallest absolute Gasteiger partial charge is 0.200 e. The molecule has 2 aliphatic rings. The largest absolute Gasteiger partial charge is 0.490 e. The summed E-state index contributed by atoms with van der Waals surface area (Å²) in [7, 11) is 0. The molecule has 0 spiro atoms. The van der Waals surface area contributed by atoms with Gasteiger partial charge in [0, 0.05) is 5.56 Å². The van der Waals surface area contributed by atoms with E-state index < -0.39 is 23.3 Å². The third-order valence-corrected chi connectivity index (χ3v) is 8.82. The molecular formula is C33H44F4O2. The third-order valence-electron chi connectivity index (χ3n) is 8.82. The summed E-state index contributed by atoms with van der Waals surface area (Å²) in [6.45, 7) is 4.75. The van der Waals surface area contributed by atoms with E-state index in [0.29, 0.717) is 49.3 Å². The maximum Gasteiger partial charge on any atom is 0.200 e. The second kappa shape index (κ2) is 14.5. The molecule has 0 radical (unpaired) electrons. The van der Waals surface area contributed by atoms with E-state index in [2.05, 4.69) is 13.8 Å². The van der Waals surface area contributed by atoms with E-state index in [1.807, 2.05) is 0 Å². The highest BCUT2D eigenvalue weighted by atomic mass is 19.2. The maximum absolute atomic E-state index is 14.9. The van der Waals surface area contributed by atoms with Crippen LogP contribution in [0.4, 0.5) is 17.6 Å². The van der Waals surface area contributed by atoms with Crippen LogP contribution < -0.4 is 4.74 Å². The Bertz CT molecular complexity index is 1060. The molecule has 0 atom stereocenters. The van der Waals surface area contributed by atoms with Crippen LogP contribution in [0.5, 0.6) is 5.75 Å². The summed E-state index contributed by atoms with van der Waals surface area (Å²) in [5, 5.41) is 0. The minimum atomic E-state index is -0.914. The van der Waals surface area contributed by atoms with E-state index in [9.17, 15) is 17.6 Å². The summed E-state index contributed by atoms with van der Waals surface area (Å²) in [5.74, 6) is -2.67. The molecule has 2 fully saturated rings. The molecule has 0 unspecified atom stereocenters. The Balaban J connectivity index is 1.25.